The van der Waals surface area contributed by atoms with Gasteiger partial charge in [0.15, 0.2) is 5.96 Å². The van der Waals surface area contributed by atoms with E-state index in [4.69, 9.17) is 4.74 Å². The number of likely N-dealkylation sites (tertiary alicyclic amines) is 1. The summed E-state index contributed by atoms with van der Waals surface area (Å²) in [5.41, 5.74) is -0.475. The molecule has 2 N–H and O–H groups in total. The molecule has 7 nitrogen and oxygen atoms in total. The van der Waals surface area contributed by atoms with E-state index in [-0.39, 0.29) is 12.1 Å². The fourth-order valence-electron chi connectivity index (χ4n) is 3.11. The Bertz CT molecular complexity index is 471. The molecule has 26 heavy (non-hydrogen) atoms. The standard InChI is InChI=1S/C19H39N5O2/c1-14(2)11-16(23(7)8)12-21-17(20-6)24-10-9-15(13-24)22-18(25)26-19(3,4)5/h14-16H,9-13H2,1-8H3,(H,20,21)(H,22,25). The summed E-state index contributed by atoms with van der Waals surface area (Å²) in [7, 11) is 6.05. The van der Waals surface area contributed by atoms with Crippen molar-refractivity contribution in [2.45, 2.75) is 65.1 Å². The number of alkyl carbamates (subject to hydrolysis) is 1. The monoisotopic (exact) mass is 369 g/mol. The Hall–Kier alpha value is -1.50. The maximum atomic E-state index is 12.0. The minimum atomic E-state index is -0.475. The summed E-state index contributed by atoms with van der Waals surface area (Å²) in [6.45, 7) is 12.6. The van der Waals surface area contributed by atoms with Crippen LogP contribution in [0.3, 0.4) is 0 Å². The molecule has 0 spiro atoms. The highest BCUT2D eigenvalue weighted by molar-refractivity contribution is 5.80. The van der Waals surface area contributed by atoms with Gasteiger partial charge in [0.25, 0.3) is 0 Å². The van der Waals surface area contributed by atoms with E-state index in [0.29, 0.717) is 12.0 Å². The van der Waals surface area contributed by atoms with E-state index < -0.39 is 5.60 Å². The molecule has 1 saturated heterocycles. The average molecular weight is 370 g/mol. The van der Waals surface area contributed by atoms with Crippen LogP contribution in [0.5, 0.6) is 0 Å². The molecule has 1 amide bonds. The third kappa shape index (κ3) is 8.25. The molecule has 0 saturated carbocycles. The number of likely N-dealkylation sites (N-methyl/N-ethyl adjacent to an activating group) is 1. The molecule has 1 fully saturated rings. The first kappa shape index (κ1) is 22.5. The van der Waals surface area contributed by atoms with Crippen LogP contribution in [0.25, 0.3) is 0 Å². The van der Waals surface area contributed by atoms with Crippen molar-refractivity contribution in [1.29, 1.82) is 0 Å². The summed E-state index contributed by atoms with van der Waals surface area (Å²) in [5.74, 6) is 1.55. The lowest BCUT2D eigenvalue weighted by atomic mass is 10.0. The van der Waals surface area contributed by atoms with Crippen molar-refractivity contribution in [2.24, 2.45) is 10.9 Å². The Morgan fingerprint density at radius 2 is 2.00 bits per heavy atom. The van der Waals surface area contributed by atoms with Gasteiger partial charge >= 0.3 is 6.09 Å². The van der Waals surface area contributed by atoms with Crippen molar-refractivity contribution in [3.05, 3.63) is 0 Å². The van der Waals surface area contributed by atoms with Crippen LogP contribution in [0, 0.1) is 5.92 Å². The van der Waals surface area contributed by atoms with Crippen LogP contribution in [0.4, 0.5) is 4.79 Å². The zero-order valence-electron chi connectivity index (χ0n) is 17.9. The Morgan fingerprint density at radius 1 is 1.35 bits per heavy atom. The number of guanidine groups is 1. The highest BCUT2D eigenvalue weighted by Crippen LogP contribution is 2.13. The summed E-state index contributed by atoms with van der Waals surface area (Å²) >= 11 is 0. The lowest BCUT2D eigenvalue weighted by Crippen LogP contribution is -2.48. The van der Waals surface area contributed by atoms with Gasteiger partial charge in [-0.1, -0.05) is 13.8 Å². The Labute approximate surface area is 159 Å². The van der Waals surface area contributed by atoms with Gasteiger partial charge in [-0.3, -0.25) is 4.99 Å². The van der Waals surface area contributed by atoms with Gasteiger partial charge in [-0.2, -0.15) is 0 Å². The first-order chi connectivity index (χ1) is 12.0. The molecule has 7 heteroatoms. The van der Waals surface area contributed by atoms with Crippen molar-refractivity contribution in [3.63, 3.8) is 0 Å². The second kappa shape index (κ2) is 10.00. The lowest BCUT2D eigenvalue weighted by Gasteiger charge is -2.29. The van der Waals surface area contributed by atoms with Crippen molar-refractivity contribution in [2.75, 3.05) is 40.8 Å². The summed E-state index contributed by atoms with van der Waals surface area (Å²) in [6, 6.07) is 0.550. The highest BCUT2D eigenvalue weighted by atomic mass is 16.6. The van der Waals surface area contributed by atoms with E-state index in [0.717, 1.165) is 38.4 Å². The first-order valence-corrected chi connectivity index (χ1v) is 9.63. The van der Waals surface area contributed by atoms with E-state index in [9.17, 15) is 4.79 Å². The number of aliphatic imine (C=N–C) groups is 1. The first-order valence-electron chi connectivity index (χ1n) is 9.63. The molecule has 1 heterocycles. The van der Waals surface area contributed by atoms with E-state index in [2.05, 4.69) is 53.4 Å². The molecule has 1 aliphatic heterocycles. The minimum absolute atomic E-state index is 0.0868. The van der Waals surface area contributed by atoms with Crippen LogP contribution < -0.4 is 10.6 Å². The largest absolute Gasteiger partial charge is 0.444 e. The van der Waals surface area contributed by atoms with Crippen molar-refractivity contribution in [1.82, 2.24) is 20.4 Å². The van der Waals surface area contributed by atoms with E-state index in [1.165, 1.54) is 0 Å². The van der Waals surface area contributed by atoms with Gasteiger partial charge in [0.2, 0.25) is 0 Å². The molecule has 0 radical (unpaired) electrons. The Kier molecular flexibility index (Phi) is 8.67. The number of amides is 1. The summed E-state index contributed by atoms with van der Waals surface area (Å²) in [4.78, 5) is 20.8. The molecule has 0 bridgehead atoms. The maximum Gasteiger partial charge on any atom is 0.407 e. The van der Waals surface area contributed by atoms with E-state index in [1.54, 1.807) is 0 Å². The Morgan fingerprint density at radius 3 is 2.50 bits per heavy atom. The summed E-state index contributed by atoms with van der Waals surface area (Å²) in [6.07, 6.45) is 1.68. The number of rotatable bonds is 6. The summed E-state index contributed by atoms with van der Waals surface area (Å²) < 4.78 is 5.34. The fourth-order valence-corrected chi connectivity index (χ4v) is 3.11. The van der Waals surface area contributed by atoms with Gasteiger partial charge in [0, 0.05) is 32.7 Å². The molecule has 152 valence electrons. The molecule has 0 aromatic heterocycles. The average Bonchev–Trinajstić information content (AvgIpc) is 2.92. The van der Waals surface area contributed by atoms with E-state index >= 15 is 0 Å². The quantitative estimate of drug-likeness (QED) is 0.554. The van der Waals surface area contributed by atoms with Gasteiger partial charge in [-0.05, 0) is 53.6 Å². The van der Waals surface area contributed by atoms with Crippen molar-refractivity contribution < 1.29 is 9.53 Å². The SMILES string of the molecule is CN=C(NCC(CC(C)C)N(C)C)N1CCC(NC(=O)OC(C)(C)C)C1. The second-order valence-electron chi connectivity index (χ2n) is 8.75. The molecule has 0 aromatic rings. The molecule has 1 aliphatic rings. The topological polar surface area (TPSA) is 69.2 Å². The Balaban J connectivity index is 2.50. The number of ether oxygens (including phenoxy) is 1. The molecule has 1 rings (SSSR count). The van der Waals surface area contributed by atoms with Crippen LogP contribution in [0.15, 0.2) is 4.99 Å². The lowest BCUT2D eigenvalue weighted by molar-refractivity contribution is 0.0507. The van der Waals surface area contributed by atoms with Crippen LogP contribution >= 0.6 is 0 Å². The predicted octanol–water partition coefficient (Wildman–Crippen LogP) is 2.14. The zero-order chi connectivity index (χ0) is 19.9. The van der Waals surface area contributed by atoms with Crippen LogP contribution in [0.2, 0.25) is 0 Å². The number of hydrogen-bond donors (Lipinski definition) is 2. The summed E-state index contributed by atoms with van der Waals surface area (Å²) in [5, 5.41) is 6.46. The van der Waals surface area contributed by atoms with Crippen LogP contribution in [-0.2, 0) is 4.74 Å². The van der Waals surface area contributed by atoms with Crippen molar-refractivity contribution in [3.8, 4) is 0 Å². The number of nitrogens with one attached hydrogen (secondary N) is 2. The number of carbonyl (C=O) groups is 1. The van der Waals surface area contributed by atoms with Gasteiger partial charge in [0.1, 0.15) is 5.60 Å². The third-order valence-electron chi connectivity index (χ3n) is 4.39. The predicted molar refractivity (Wildman–Crippen MR) is 108 cm³/mol. The van der Waals surface area contributed by atoms with Gasteiger partial charge in [-0.25, -0.2) is 4.79 Å². The minimum Gasteiger partial charge on any atom is -0.444 e. The van der Waals surface area contributed by atoms with Crippen molar-refractivity contribution >= 4 is 12.1 Å². The molecular weight excluding hydrogens is 330 g/mol. The molecule has 0 aromatic carbocycles. The molecule has 0 aliphatic carbocycles. The number of hydrogen-bond acceptors (Lipinski definition) is 4. The maximum absolute atomic E-state index is 12.0. The zero-order valence-corrected chi connectivity index (χ0v) is 17.9. The van der Waals surface area contributed by atoms with Gasteiger partial charge < -0.3 is 25.2 Å². The third-order valence-corrected chi connectivity index (χ3v) is 4.39. The van der Waals surface area contributed by atoms with E-state index in [1.807, 2.05) is 27.8 Å². The highest BCUT2D eigenvalue weighted by Gasteiger charge is 2.28. The second-order valence-corrected chi connectivity index (χ2v) is 8.75. The van der Waals surface area contributed by atoms with Gasteiger partial charge in [-0.15, -0.1) is 0 Å². The smallest absolute Gasteiger partial charge is 0.407 e. The number of nitrogens with zero attached hydrogens (tertiary/aromatic N) is 3. The van der Waals surface area contributed by atoms with Crippen LogP contribution in [0.1, 0.15) is 47.5 Å². The van der Waals surface area contributed by atoms with Gasteiger partial charge in [0.05, 0.1) is 6.04 Å². The number of carbonyl (C=O) groups excluding carboxylic acids is 1. The molecule has 2 unspecified atom stereocenters. The molecule has 2 atom stereocenters. The normalized spacial score (nSPS) is 19.8. The molecular formula is C19H39N5O2. The van der Waals surface area contributed by atoms with Crippen LogP contribution in [-0.4, -0.2) is 80.3 Å². The fraction of sp³-hybridized carbons (Fsp3) is 0.895.